The first-order valence-corrected chi connectivity index (χ1v) is 4.79. The Labute approximate surface area is 92.6 Å². The van der Waals surface area contributed by atoms with E-state index in [0.717, 1.165) is 0 Å². The van der Waals surface area contributed by atoms with E-state index in [-0.39, 0.29) is 12.3 Å². The van der Waals surface area contributed by atoms with E-state index in [0.29, 0.717) is 19.7 Å². The Kier molecular flexibility index (Phi) is 5.40. The molecule has 1 aromatic rings. The van der Waals surface area contributed by atoms with Crippen molar-refractivity contribution in [2.75, 3.05) is 26.9 Å². The molecule has 0 aliphatic heterocycles. The topological polar surface area (TPSA) is 104 Å². The lowest BCUT2D eigenvalue weighted by atomic mass is 10.4. The molecule has 0 atom stereocenters. The van der Waals surface area contributed by atoms with E-state index in [2.05, 4.69) is 15.8 Å². The van der Waals surface area contributed by atoms with Crippen LogP contribution in [0.4, 0.5) is 0 Å². The molecule has 16 heavy (non-hydrogen) atoms. The number of hydrogen-bond donors (Lipinski definition) is 2. The van der Waals surface area contributed by atoms with Crippen molar-refractivity contribution >= 4 is 5.91 Å². The second kappa shape index (κ2) is 6.88. The van der Waals surface area contributed by atoms with Crippen LogP contribution in [0.2, 0.25) is 0 Å². The molecule has 0 aliphatic rings. The zero-order valence-electron chi connectivity index (χ0n) is 9.05. The van der Waals surface area contributed by atoms with E-state index in [9.17, 15) is 4.79 Å². The summed E-state index contributed by atoms with van der Waals surface area (Å²) in [6, 6.07) is 0. The molecule has 1 heterocycles. The highest BCUT2D eigenvalue weighted by molar-refractivity contribution is 5.90. The second-order valence-corrected chi connectivity index (χ2v) is 2.93. The van der Waals surface area contributed by atoms with Crippen LogP contribution in [-0.4, -0.2) is 47.8 Å². The van der Waals surface area contributed by atoms with Crippen molar-refractivity contribution in [1.29, 1.82) is 0 Å². The average molecular weight is 229 g/mol. The number of hydroxylamine groups is 1. The van der Waals surface area contributed by atoms with Gasteiger partial charge in [0.1, 0.15) is 0 Å². The number of hydrogen-bond acceptors (Lipinski definition) is 6. The first kappa shape index (κ1) is 12.6. The molecule has 3 N–H and O–H groups in total. The molecule has 1 rings (SSSR count). The van der Waals surface area contributed by atoms with Crippen molar-refractivity contribution in [3.05, 3.63) is 11.9 Å². The molecule has 0 spiro atoms. The molecule has 0 aliphatic carbocycles. The molecule has 0 unspecified atom stereocenters. The summed E-state index contributed by atoms with van der Waals surface area (Å²) in [7, 11) is 1.55. The van der Waals surface area contributed by atoms with Crippen LogP contribution < -0.4 is 11.2 Å². The van der Waals surface area contributed by atoms with Crippen molar-refractivity contribution in [3.8, 4) is 0 Å². The number of amides is 1. The average Bonchev–Trinajstić information content (AvgIpc) is 2.73. The van der Waals surface area contributed by atoms with Gasteiger partial charge in [0.2, 0.25) is 0 Å². The van der Waals surface area contributed by atoms with Gasteiger partial charge in [0, 0.05) is 13.7 Å². The summed E-state index contributed by atoms with van der Waals surface area (Å²) in [5, 5.41) is 7.38. The number of carbonyl (C=O) groups excluding carboxylic acids is 1. The van der Waals surface area contributed by atoms with E-state index in [1.807, 2.05) is 0 Å². The van der Waals surface area contributed by atoms with E-state index in [4.69, 9.17) is 15.3 Å². The van der Waals surface area contributed by atoms with E-state index < -0.39 is 5.91 Å². The highest BCUT2D eigenvalue weighted by Gasteiger charge is 2.10. The number of aromatic nitrogens is 3. The molecule has 0 saturated carbocycles. The molecule has 0 bridgehead atoms. The van der Waals surface area contributed by atoms with Gasteiger partial charge < -0.3 is 10.5 Å². The van der Waals surface area contributed by atoms with Gasteiger partial charge in [0.15, 0.2) is 5.69 Å². The lowest BCUT2D eigenvalue weighted by Gasteiger charge is -2.02. The highest BCUT2D eigenvalue weighted by Crippen LogP contribution is 1.92. The number of nitrogens with two attached hydrogens (primary N) is 1. The zero-order chi connectivity index (χ0) is 11.8. The Morgan fingerprint density at radius 2 is 2.44 bits per heavy atom. The maximum Gasteiger partial charge on any atom is 0.296 e. The molecule has 8 heteroatoms. The fourth-order valence-electron chi connectivity index (χ4n) is 0.938. The van der Waals surface area contributed by atoms with Crippen LogP contribution in [0, 0.1) is 0 Å². The number of ether oxygens (including phenoxy) is 1. The van der Waals surface area contributed by atoms with Crippen LogP contribution in [0.3, 0.4) is 0 Å². The summed E-state index contributed by atoms with van der Waals surface area (Å²) in [5.41, 5.74) is 7.74. The Hall–Kier alpha value is -1.51. The SMILES string of the molecule is COCCONC(=O)c1cn(CCN)nn1. The third-order valence-corrected chi connectivity index (χ3v) is 1.68. The maximum atomic E-state index is 11.4. The van der Waals surface area contributed by atoms with Gasteiger partial charge in [-0.1, -0.05) is 5.21 Å². The lowest BCUT2D eigenvalue weighted by Crippen LogP contribution is -2.25. The van der Waals surface area contributed by atoms with Gasteiger partial charge in [-0.15, -0.1) is 5.10 Å². The summed E-state index contributed by atoms with van der Waals surface area (Å²) in [6.45, 7) is 1.64. The van der Waals surface area contributed by atoms with Gasteiger partial charge in [-0.2, -0.15) is 0 Å². The number of nitrogens with one attached hydrogen (secondary N) is 1. The molecule has 90 valence electrons. The van der Waals surface area contributed by atoms with Gasteiger partial charge in [-0.3, -0.25) is 14.3 Å². The Balaban J connectivity index is 2.34. The van der Waals surface area contributed by atoms with Crippen LogP contribution >= 0.6 is 0 Å². The molecule has 0 fully saturated rings. The van der Waals surface area contributed by atoms with Gasteiger partial charge >= 0.3 is 0 Å². The summed E-state index contributed by atoms with van der Waals surface area (Å²) >= 11 is 0. The summed E-state index contributed by atoms with van der Waals surface area (Å²) < 4.78 is 6.23. The molecule has 0 saturated heterocycles. The monoisotopic (exact) mass is 229 g/mol. The molecular weight excluding hydrogens is 214 g/mol. The Bertz CT molecular complexity index is 327. The number of carbonyl (C=O) groups is 1. The van der Waals surface area contributed by atoms with Gasteiger partial charge in [-0.05, 0) is 0 Å². The normalized spacial score (nSPS) is 10.4. The predicted octanol–water partition coefficient (Wildman–Crippen LogP) is -1.46. The van der Waals surface area contributed by atoms with Crippen molar-refractivity contribution in [2.24, 2.45) is 5.73 Å². The molecule has 1 amide bonds. The van der Waals surface area contributed by atoms with Crippen LogP contribution in [0.25, 0.3) is 0 Å². The smallest absolute Gasteiger partial charge is 0.296 e. The van der Waals surface area contributed by atoms with E-state index in [1.165, 1.54) is 10.9 Å². The maximum absolute atomic E-state index is 11.4. The molecular formula is C8H15N5O3. The minimum atomic E-state index is -0.445. The largest absolute Gasteiger partial charge is 0.382 e. The number of nitrogens with zero attached hydrogens (tertiary/aromatic N) is 3. The van der Waals surface area contributed by atoms with Crippen LogP contribution in [-0.2, 0) is 16.1 Å². The summed E-state index contributed by atoms with van der Waals surface area (Å²) in [4.78, 5) is 16.2. The Morgan fingerprint density at radius 3 is 3.12 bits per heavy atom. The van der Waals surface area contributed by atoms with Crippen LogP contribution in [0.1, 0.15) is 10.5 Å². The fraction of sp³-hybridized carbons (Fsp3) is 0.625. The summed E-state index contributed by atoms with van der Waals surface area (Å²) in [6.07, 6.45) is 1.50. The fourth-order valence-corrected chi connectivity index (χ4v) is 0.938. The minimum absolute atomic E-state index is 0.186. The first-order valence-electron chi connectivity index (χ1n) is 4.79. The van der Waals surface area contributed by atoms with E-state index >= 15 is 0 Å². The van der Waals surface area contributed by atoms with E-state index in [1.54, 1.807) is 7.11 Å². The first-order chi connectivity index (χ1) is 7.77. The molecule has 0 radical (unpaired) electrons. The third kappa shape index (κ3) is 3.93. The number of methoxy groups -OCH3 is 1. The third-order valence-electron chi connectivity index (χ3n) is 1.68. The van der Waals surface area contributed by atoms with Crippen molar-refractivity contribution in [3.63, 3.8) is 0 Å². The quantitative estimate of drug-likeness (QED) is 0.437. The van der Waals surface area contributed by atoms with Crippen LogP contribution in [0.5, 0.6) is 0 Å². The van der Waals surface area contributed by atoms with Crippen molar-refractivity contribution < 1.29 is 14.4 Å². The number of rotatable bonds is 7. The standard InChI is InChI=1S/C8H15N5O3/c1-15-4-5-16-11-8(14)7-6-13(3-2-9)12-10-7/h6H,2-5,9H2,1H3,(H,11,14). The minimum Gasteiger partial charge on any atom is -0.382 e. The van der Waals surface area contributed by atoms with Crippen LogP contribution in [0.15, 0.2) is 6.20 Å². The van der Waals surface area contributed by atoms with Gasteiger partial charge in [0.05, 0.1) is 26.0 Å². The lowest BCUT2D eigenvalue weighted by molar-refractivity contribution is 0.00857. The zero-order valence-corrected chi connectivity index (χ0v) is 9.05. The van der Waals surface area contributed by atoms with Gasteiger partial charge in [0.25, 0.3) is 5.91 Å². The summed E-state index contributed by atoms with van der Waals surface area (Å²) in [5.74, 6) is -0.445. The highest BCUT2D eigenvalue weighted by atomic mass is 16.7. The molecule has 1 aromatic heterocycles. The van der Waals surface area contributed by atoms with Crippen molar-refractivity contribution in [2.45, 2.75) is 6.54 Å². The predicted molar refractivity (Wildman–Crippen MR) is 54.4 cm³/mol. The van der Waals surface area contributed by atoms with Crippen molar-refractivity contribution in [1.82, 2.24) is 20.5 Å². The second-order valence-electron chi connectivity index (χ2n) is 2.93. The molecule has 8 nitrogen and oxygen atoms in total. The van der Waals surface area contributed by atoms with Gasteiger partial charge in [-0.25, -0.2) is 5.48 Å². The Morgan fingerprint density at radius 1 is 1.62 bits per heavy atom. The molecule has 0 aromatic carbocycles.